The molecule has 2 heterocycles. The first-order valence-electron chi connectivity index (χ1n) is 15.1. The molecule has 0 bridgehead atoms. The molecular formula is C32H22N6NaO14S4Zn. The third kappa shape index (κ3) is 10.0. The van der Waals surface area contributed by atoms with Crippen LogP contribution < -0.4 is 10.9 Å². The van der Waals surface area contributed by atoms with E-state index in [1.165, 1.54) is 48.8 Å². The number of aromatic nitrogens is 2. The van der Waals surface area contributed by atoms with E-state index in [4.69, 9.17) is 0 Å². The average molecular weight is 931 g/mol. The van der Waals surface area contributed by atoms with Gasteiger partial charge in [0, 0.05) is 72.6 Å². The summed E-state index contributed by atoms with van der Waals surface area (Å²) in [4.78, 5) is 30.7. The molecule has 0 aliphatic heterocycles. The molecule has 0 spiro atoms. The van der Waals surface area contributed by atoms with Gasteiger partial charge in [-0.3, -0.25) is 48.6 Å². The molecule has 20 nitrogen and oxygen atoms in total. The van der Waals surface area contributed by atoms with E-state index in [1.54, 1.807) is 0 Å². The van der Waals surface area contributed by atoms with Crippen LogP contribution in [0.3, 0.4) is 0 Å². The number of nitrogens with one attached hydrogen (secondary N) is 2. The molecule has 2 aliphatic rings. The fraction of sp³-hybridized carbons (Fsp3) is 0. The second-order valence-electron chi connectivity index (χ2n) is 11.4. The van der Waals surface area contributed by atoms with Gasteiger partial charge in [0.1, 0.15) is 42.4 Å². The standard InChI is InChI=1S/C32H22N6O14S4.Na.Zn/c39-31-23(15-27(55(47,48)49)21-3-1-11-33-29(21)31)37-35-19-9-7-17(25(13-19)53(41,42)43)5-6-18-8-10-20(14-26(18)54(44,45)46)36-38-24-16-28(56(50,51)52)22-4-2-12-34-30(22)32(24)40;;/h1-16,35-36H,(H,41,42,43)(H,44,45,46)(H,47,48,49)(H,50,51,52);;/b6-5+,37-23+,38-24+;;. The van der Waals surface area contributed by atoms with Gasteiger partial charge in [-0.25, -0.2) is 0 Å². The fourth-order valence-electron chi connectivity index (χ4n) is 5.30. The van der Waals surface area contributed by atoms with Crippen molar-refractivity contribution < 1.29 is 80.9 Å². The zero-order valence-corrected chi connectivity index (χ0v) is 37.5. The second-order valence-corrected chi connectivity index (χ2v) is 17.0. The van der Waals surface area contributed by atoms with E-state index in [0.29, 0.717) is 0 Å². The molecule has 26 heteroatoms. The van der Waals surface area contributed by atoms with Crippen LogP contribution in [0.4, 0.5) is 11.4 Å². The number of ketones is 2. The summed E-state index contributed by atoms with van der Waals surface area (Å²) in [5.74, 6) is -1.68. The number of fused-ring (bicyclic) bond motifs is 2. The van der Waals surface area contributed by atoms with Crippen molar-refractivity contribution in [1.29, 1.82) is 0 Å². The number of anilines is 2. The Morgan fingerprint density at radius 1 is 0.552 bits per heavy atom. The van der Waals surface area contributed by atoms with Crippen molar-refractivity contribution in [2.45, 2.75) is 9.79 Å². The normalized spacial score (nSPS) is 15.8. The van der Waals surface area contributed by atoms with Crippen LogP contribution in [0.2, 0.25) is 0 Å². The Labute approximate surface area is 364 Å². The van der Waals surface area contributed by atoms with Gasteiger partial charge in [-0.2, -0.15) is 43.9 Å². The maximum Gasteiger partial charge on any atom is 0.295 e. The van der Waals surface area contributed by atoms with Crippen LogP contribution in [-0.2, 0) is 60.0 Å². The molecule has 0 unspecified atom stereocenters. The van der Waals surface area contributed by atoms with Crippen molar-refractivity contribution in [2.24, 2.45) is 10.2 Å². The minimum atomic E-state index is -5.01. The minimum Gasteiger partial charge on any atom is -0.285 e. The van der Waals surface area contributed by atoms with E-state index < -0.39 is 83.1 Å². The third-order valence-electron chi connectivity index (χ3n) is 7.77. The Morgan fingerprint density at radius 2 is 0.914 bits per heavy atom. The average Bonchev–Trinajstić information content (AvgIpc) is 3.12. The Hall–Kier alpha value is -4.50. The number of benzene rings is 2. The number of hydrogen-bond acceptors (Lipinski definition) is 16. The van der Waals surface area contributed by atoms with E-state index in [-0.39, 0.29) is 94.1 Å². The Kier molecular flexibility index (Phi) is 13.8. The Balaban J connectivity index is 0.00000372. The Morgan fingerprint density at radius 3 is 1.24 bits per heavy atom. The van der Waals surface area contributed by atoms with Gasteiger partial charge in [0.05, 0.1) is 11.4 Å². The van der Waals surface area contributed by atoms with Crippen LogP contribution >= 0.6 is 0 Å². The van der Waals surface area contributed by atoms with Gasteiger partial charge in [0.2, 0.25) is 11.6 Å². The van der Waals surface area contributed by atoms with Crippen molar-refractivity contribution in [3.8, 4) is 0 Å². The van der Waals surface area contributed by atoms with E-state index in [1.807, 2.05) is 0 Å². The predicted octanol–water partition coefficient (Wildman–Crippen LogP) is 2.54. The van der Waals surface area contributed by atoms with Crippen LogP contribution in [0, 0.1) is 0 Å². The number of hydrazone groups is 2. The first-order chi connectivity index (χ1) is 26.1. The predicted molar refractivity (Wildman–Crippen MR) is 205 cm³/mol. The molecular weight excluding hydrogens is 909 g/mol. The topological polar surface area (TPSA) is 326 Å². The van der Waals surface area contributed by atoms with Gasteiger partial charge in [-0.1, -0.05) is 24.3 Å². The van der Waals surface area contributed by atoms with E-state index in [9.17, 15) is 61.5 Å². The van der Waals surface area contributed by atoms with Crippen LogP contribution in [-0.4, -0.2) is 114 Å². The molecule has 0 amide bonds. The van der Waals surface area contributed by atoms with Crippen molar-refractivity contribution >= 4 is 126 Å². The maximum absolute atomic E-state index is 12.9. The number of pyridine rings is 2. The molecule has 2 aliphatic carbocycles. The smallest absolute Gasteiger partial charge is 0.285 e. The van der Waals surface area contributed by atoms with Crippen LogP contribution in [0.1, 0.15) is 43.2 Å². The fourth-order valence-corrected chi connectivity index (χ4v) is 8.13. The van der Waals surface area contributed by atoms with E-state index in [0.717, 1.165) is 48.6 Å². The van der Waals surface area contributed by atoms with Crippen LogP contribution in [0.25, 0.3) is 22.0 Å². The molecule has 291 valence electrons. The SMILES string of the molecule is O=C1/C(=N/Nc2ccc(/C=C/c3ccc(N/N=C4\C=C(S(=O)(=O)O)c5cccnc5C4=O)cc3S(=O)(=O)O)c(S(=O)(=O)O)c2)C=C(S(=O)(=O)O)c2cccnc21.[Na].[Zn]. The summed E-state index contributed by atoms with van der Waals surface area (Å²) in [6.07, 6.45) is 6.11. The number of nitrogens with zero attached hydrogens (tertiary/aromatic N) is 4. The maximum atomic E-state index is 12.9. The van der Waals surface area contributed by atoms with E-state index >= 15 is 0 Å². The Bertz CT molecular complexity index is 2820. The van der Waals surface area contributed by atoms with Gasteiger partial charge >= 0.3 is 0 Å². The largest absolute Gasteiger partial charge is 0.295 e. The zero-order valence-electron chi connectivity index (χ0n) is 29.2. The number of carbonyl (C=O) groups excluding carboxylic acids is 2. The van der Waals surface area contributed by atoms with Gasteiger partial charge in [0.15, 0.2) is 0 Å². The first-order valence-corrected chi connectivity index (χ1v) is 20.9. The van der Waals surface area contributed by atoms with Gasteiger partial charge in [-0.15, -0.1) is 0 Å². The summed E-state index contributed by atoms with van der Waals surface area (Å²) in [6, 6.07) is 11.7. The molecule has 6 rings (SSSR count). The minimum absolute atomic E-state index is 0. The first kappa shape index (κ1) is 46.2. The van der Waals surface area contributed by atoms with E-state index in [2.05, 4.69) is 31.0 Å². The van der Waals surface area contributed by atoms with Gasteiger partial charge in [0.25, 0.3) is 40.5 Å². The zero-order chi connectivity index (χ0) is 40.8. The molecule has 58 heavy (non-hydrogen) atoms. The summed E-state index contributed by atoms with van der Waals surface area (Å²) in [5, 5.41) is 7.64. The summed E-state index contributed by atoms with van der Waals surface area (Å²) >= 11 is 0. The number of rotatable bonds is 10. The van der Waals surface area contributed by atoms with Crippen LogP contribution in [0.5, 0.6) is 0 Å². The molecule has 4 aromatic rings. The van der Waals surface area contributed by atoms with Gasteiger partial charge < -0.3 is 0 Å². The van der Waals surface area contributed by atoms with Gasteiger partial charge in [-0.05, 0) is 71.8 Å². The molecule has 0 fully saturated rings. The number of carbonyl (C=O) groups is 2. The monoisotopic (exact) mass is 929 g/mol. The van der Waals surface area contributed by atoms with Crippen molar-refractivity contribution in [3.63, 3.8) is 0 Å². The van der Waals surface area contributed by atoms with Crippen molar-refractivity contribution in [1.82, 2.24) is 9.97 Å². The molecule has 0 atom stereocenters. The number of allylic oxidation sites excluding steroid dienone is 2. The molecule has 0 saturated carbocycles. The second kappa shape index (κ2) is 17.4. The summed E-state index contributed by atoms with van der Waals surface area (Å²) in [7, 11) is -19.7. The molecule has 2 aromatic carbocycles. The quantitative estimate of drug-likeness (QED) is 0.0576. The summed E-state index contributed by atoms with van der Waals surface area (Å²) in [5.41, 5.74) is 1.94. The molecule has 2 aromatic heterocycles. The third-order valence-corrected chi connectivity index (χ3v) is 11.4. The van der Waals surface area contributed by atoms with Crippen molar-refractivity contribution in [3.05, 3.63) is 119 Å². The van der Waals surface area contributed by atoms with Crippen molar-refractivity contribution in [2.75, 3.05) is 10.9 Å². The number of hydrogen-bond donors (Lipinski definition) is 6. The van der Waals surface area contributed by atoms with Crippen LogP contribution in [0.15, 0.2) is 105 Å². The molecule has 0 saturated heterocycles. The number of Topliss-reactive ketones (excluding diaryl/α,β-unsaturated/α-hetero) is 2. The summed E-state index contributed by atoms with van der Waals surface area (Å²) < 4.78 is 137. The summed E-state index contributed by atoms with van der Waals surface area (Å²) in [6.45, 7) is 0. The molecule has 6 N–H and O–H groups in total. The molecule has 1 radical (unpaired) electrons.